The van der Waals surface area contributed by atoms with Gasteiger partial charge in [0, 0.05) is 26.2 Å². The first kappa shape index (κ1) is 32.6. The summed E-state index contributed by atoms with van der Waals surface area (Å²) in [5.74, 6) is -0.751. The zero-order chi connectivity index (χ0) is 32.5. The van der Waals surface area contributed by atoms with Crippen molar-refractivity contribution in [1.29, 1.82) is 0 Å². The van der Waals surface area contributed by atoms with Gasteiger partial charge in [0.05, 0.1) is 35.4 Å². The molecule has 0 spiro atoms. The van der Waals surface area contributed by atoms with E-state index in [-0.39, 0.29) is 56.5 Å². The normalized spacial score (nSPS) is 18.3. The van der Waals surface area contributed by atoms with Crippen molar-refractivity contribution in [2.75, 3.05) is 32.7 Å². The van der Waals surface area contributed by atoms with Gasteiger partial charge in [0.15, 0.2) is 0 Å². The van der Waals surface area contributed by atoms with Crippen molar-refractivity contribution in [3.63, 3.8) is 0 Å². The second kappa shape index (κ2) is 15.5. The molecule has 1 aromatic heterocycles. The number of piperazine rings is 1. The molecule has 13 nitrogen and oxygen atoms in total. The molecule has 5 rings (SSSR count). The van der Waals surface area contributed by atoms with Crippen LogP contribution in [0.3, 0.4) is 0 Å². The topological polar surface area (TPSA) is 147 Å². The summed E-state index contributed by atoms with van der Waals surface area (Å²) in [6.07, 6.45) is 2.81. The molecule has 242 valence electrons. The van der Waals surface area contributed by atoms with Crippen molar-refractivity contribution >= 4 is 51.7 Å². The smallest absolute Gasteiger partial charge is 0.334 e. The number of thiazole rings is 1. The molecule has 3 aromatic rings. The van der Waals surface area contributed by atoms with Crippen LogP contribution in [0.2, 0.25) is 0 Å². The van der Waals surface area contributed by atoms with E-state index in [0.717, 1.165) is 21.3 Å². The van der Waals surface area contributed by atoms with Crippen molar-refractivity contribution in [1.82, 2.24) is 40.8 Å². The van der Waals surface area contributed by atoms with Gasteiger partial charge < -0.3 is 25.8 Å². The molecule has 0 radical (unpaired) electrons. The minimum absolute atomic E-state index is 0.0804. The molecule has 3 heterocycles. The number of amides is 6. The number of carbonyl (C=O) groups excluding carboxylic acids is 5. The summed E-state index contributed by atoms with van der Waals surface area (Å²) in [5.41, 5.74) is 4.41. The zero-order valence-electron chi connectivity index (χ0n) is 25.5. The maximum atomic E-state index is 14.1. The molecule has 0 saturated carbocycles. The van der Waals surface area contributed by atoms with Crippen LogP contribution in [-0.4, -0.2) is 99.9 Å². The lowest BCUT2D eigenvalue weighted by Gasteiger charge is -2.55. The lowest BCUT2D eigenvalue weighted by molar-refractivity contribution is -0.190. The third-order valence-electron chi connectivity index (χ3n) is 8.04. The van der Waals surface area contributed by atoms with Gasteiger partial charge in [-0.15, -0.1) is 17.9 Å². The number of fused-ring (bicyclic) bond motifs is 2. The Balaban J connectivity index is 1.39. The van der Waals surface area contributed by atoms with Crippen LogP contribution in [0, 0.1) is 0 Å². The molecule has 2 aliphatic heterocycles. The first-order chi connectivity index (χ1) is 22.4. The SMILES string of the molecule is C=CCN1CC(=O)N2[C@@H](CCCCNC(=O)CNC=O)C(=O)N(Cc3cccc4scnc34)C[C@@H]2N1C(=O)NCc1ccccc1. The van der Waals surface area contributed by atoms with Gasteiger partial charge in [-0.3, -0.25) is 19.2 Å². The highest BCUT2D eigenvalue weighted by molar-refractivity contribution is 7.16. The highest BCUT2D eigenvalue weighted by Crippen LogP contribution is 2.31. The summed E-state index contributed by atoms with van der Waals surface area (Å²) >= 11 is 1.52. The van der Waals surface area contributed by atoms with E-state index in [0.29, 0.717) is 38.8 Å². The highest BCUT2D eigenvalue weighted by atomic mass is 32.1. The fourth-order valence-corrected chi connectivity index (χ4v) is 6.67. The van der Waals surface area contributed by atoms with Gasteiger partial charge in [0.1, 0.15) is 12.2 Å². The number of carbonyl (C=O) groups is 5. The maximum Gasteiger partial charge on any atom is 0.334 e. The third kappa shape index (κ3) is 7.51. The molecule has 0 bridgehead atoms. The Morgan fingerprint density at radius 1 is 1.07 bits per heavy atom. The van der Waals surface area contributed by atoms with E-state index >= 15 is 0 Å². The van der Waals surface area contributed by atoms with E-state index in [1.807, 2.05) is 48.5 Å². The maximum absolute atomic E-state index is 14.1. The fraction of sp³-hybridized carbons (Fsp3) is 0.375. The van der Waals surface area contributed by atoms with Gasteiger partial charge in [0.2, 0.25) is 24.1 Å². The molecule has 3 N–H and O–H groups in total. The average molecular weight is 647 g/mol. The van der Waals surface area contributed by atoms with Crippen LogP contribution in [0.5, 0.6) is 0 Å². The van der Waals surface area contributed by atoms with Crippen molar-refractivity contribution < 1.29 is 24.0 Å². The van der Waals surface area contributed by atoms with Gasteiger partial charge in [-0.2, -0.15) is 0 Å². The molecular weight excluding hydrogens is 608 g/mol. The van der Waals surface area contributed by atoms with Gasteiger partial charge >= 0.3 is 6.03 Å². The van der Waals surface area contributed by atoms with Gasteiger partial charge in [0.25, 0.3) is 0 Å². The Kier molecular flexibility index (Phi) is 10.9. The number of rotatable bonds is 14. The highest BCUT2D eigenvalue weighted by Gasteiger charge is 2.51. The molecule has 2 fully saturated rings. The molecule has 2 saturated heterocycles. The number of para-hydroxylation sites is 1. The Labute approximate surface area is 271 Å². The van der Waals surface area contributed by atoms with E-state index in [9.17, 15) is 24.0 Å². The number of benzene rings is 2. The summed E-state index contributed by atoms with van der Waals surface area (Å²) in [5, 5.41) is 11.3. The number of aromatic nitrogens is 1. The molecule has 0 unspecified atom stereocenters. The van der Waals surface area contributed by atoms with E-state index in [1.54, 1.807) is 31.4 Å². The average Bonchev–Trinajstić information content (AvgIpc) is 3.55. The molecule has 0 aliphatic carbocycles. The molecule has 46 heavy (non-hydrogen) atoms. The zero-order valence-corrected chi connectivity index (χ0v) is 26.3. The molecule has 2 aliphatic rings. The minimum Gasteiger partial charge on any atom is -0.355 e. The largest absolute Gasteiger partial charge is 0.355 e. The number of urea groups is 1. The van der Waals surface area contributed by atoms with E-state index in [2.05, 4.69) is 27.5 Å². The minimum atomic E-state index is -0.802. The Morgan fingerprint density at radius 3 is 2.67 bits per heavy atom. The number of hydrazine groups is 1. The predicted octanol–water partition coefficient (Wildman–Crippen LogP) is 1.82. The summed E-state index contributed by atoms with van der Waals surface area (Å²) in [7, 11) is 0. The Morgan fingerprint density at radius 2 is 1.89 bits per heavy atom. The van der Waals surface area contributed by atoms with Gasteiger partial charge in [-0.1, -0.05) is 48.5 Å². The van der Waals surface area contributed by atoms with Crippen LogP contribution in [0.4, 0.5) is 4.79 Å². The van der Waals surface area contributed by atoms with E-state index in [1.165, 1.54) is 11.3 Å². The van der Waals surface area contributed by atoms with Crippen molar-refractivity contribution in [2.45, 2.75) is 44.6 Å². The Bertz CT molecular complexity index is 1570. The van der Waals surface area contributed by atoms with Crippen LogP contribution in [0.25, 0.3) is 10.2 Å². The fourth-order valence-electron chi connectivity index (χ4n) is 5.94. The number of unbranched alkanes of at least 4 members (excludes halogenated alkanes) is 1. The lowest BCUT2D eigenvalue weighted by Crippen LogP contribution is -2.76. The van der Waals surface area contributed by atoms with Crippen LogP contribution in [0.15, 0.2) is 66.7 Å². The van der Waals surface area contributed by atoms with Crippen LogP contribution in [-0.2, 0) is 32.3 Å². The van der Waals surface area contributed by atoms with Crippen LogP contribution >= 0.6 is 11.3 Å². The lowest BCUT2D eigenvalue weighted by atomic mass is 10.00. The second-order valence-corrected chi connectivity index (χ2v) is 12.0. The van der Waals surface area contributed by atoms with E-state index < -0.39 is 12.2 Å². The first-order valence-corrected chi connectivity index (χ1v) is 16.1. The van der Waals surface area contributed by atoms with Crippen molar-refractivity contribution in [3.05, 3.63) is 77.8 Å². The molecule has 2 atom stereocenters. The van der Waals surface area contributed by atoms with Gasteiger partial charge in [-0.05, 0) is 36.5 Å². The number of hydrogen-bond donors (Lipinski definition) is 3. The second-order valence-electron chi connectivity index (χ2n) is 11.1. The van der Waals surface area contributed by atoms with Crippen molar-refractivity contribution in [3.8, 4) is 0 Å². The third-order valence-corrected chi connectivity index (χ3v) is 8.84. The molecule has 14 heteroatoms. The summed E-state index contributed by atoms with van der Waals surface area (Å²) in [6.45, 7) is 4.95. The quantitative estimate of drug-likeness (QED) is 0.138. The number of hydrogen-bond acceptors (Lipinski definition) is 8. The van der Waals surface area contributed by atoms with Gasteiger partial charge in [-0.25, -0.2) is 19.8 Å². The first-order valence-electron chi connectivity index (χ1n) is 15.2. The van der Waals surface area contributed by atoms with E-state index in [4.69, 9.17) is 0 Å². The predicted molar refractivity (Wildman–Crippen MR) is 173 cm³/mol. The summed E-state index contributed by atoms with van der Waals surface area (Å²) < 4.78 is 1.01. The monoisotopic (exact) mass is 646 g/mol. The van der Waals surface area contributed by atoms with Crippen LogP contribution in [0.1, 0.15) is 30.4 Å². The molecule has 6 amide bonds. The van der Waals surface area contributed by atoms with Crippen molar-refractivity contribution in [2.24, 2.45) is 0 Å². The van der Waals surface area contributed by atoms with Crippen LogP contribution < -0.4 is 16.0 Å². The standard InChI is InChI=1S/C32H38N8O5S/c1-2-15-38-20-29(43)39-25(12-6-7-14-34-27(42)17-33-21-41)31(44)37(18-24-11-8-13-26-30(24)36-22-46-26)19-28(39)40(38)32(45)35-16-23-9-4-3-5-10-23/h2-5,8-11,13,21-22,25,28H,1,6-7,12,14-20H2,(H,33,41)(H,34,42)(H,35,45)/t25-,28-/m0/s1. The molecular formula is C32H38N8O5S. The molecule has 2 aromatic carbocycles. The number of nitrogens with one attached hydrogen (secondary N) is 3. The number of nitrogens with zero attached hydrogens (tertiary/aromatic N) is 5. The summed E-state index contributed by atoms with van der Waals surface area (Å²) in [6, 6.07) is 14.2. The Hall–Kier alpha value is -4.82. The summed E-state index contributed by atoms with van der Waals surface area (Å²) in [4.78, 5) is 71.9.